The minimum Gasteiger partial charge on any atom is -0.497 e. The fraction of sp³-hybridized carbons (Fsp3) is 0.625. The normalized spacial score (nSPS) is 21.6. The number of benzene rings is 1. The van der Waals surface area contributed by atoms with Crippen molar-refractivity contribution in [3.8, 4) is 5.75 Å². The van der Waals surface area contributed by atoms with Crippen LogP contribution in [0, 0.1) is 0 Å². The molecule has 4 heteroatoms. The molecule has 0 amide bonds. The third-order valence-electron chi connectivity index (χ3n) is 4.06. The molecule has 1 aromatic carbocycles. The fourth-order valence-corrected chi connectivity index (χ4v) is 3.24. The van der Waals surface area contributed by atoms with Gasteiger partial charge in [0.15, 0.2) is 0 Å². The molecule has 0 aliphatic carbocycles. The highest BCUT2D eigenvalue weighted by atomic mass is 35.5. The Labute approximate surface area is 126 Å². The SMILES string of the molecule is COc1cccc(C(Cl)CN2CCCCC2CCO)c1. The molecular formula is C16H24ClNO2. The number of hydrogen-bond acceptors (Lipinski definition) is 3. The maximum Gasteiger partial charge on any atom is 0.119 e. The second-order valence-electron chi connectivity index (χ2n) is 5.40. The van der Waals surface area contributed by atoms with Crippen molar-refractivity contribution in [3.63, 3.8) is 0 Å². The first-order valence-corrected chi connectivity index (χ1v) is 7.81. The molecule has 1 aliphatic heterocycles. The minimum absolute atomic E-state index is 0.0376. The smallest absolute Gasteiger partial charge is 0.119 e. The summed E-state index contributed by atoms with van der Waals surface area (Å²) in [4.78, 5) is 2.43. The van der Waals surface area contributed by atoms with E-state index in [-0.39, 0.29) is 12.0 Å². The van der Waals surface area contributed by atoms with Crippen molar-refractivity contribution in [2.24, 2.45) is 0 Å². The van der Waals surface area contributed by atoms with Gasteiger partial charge in [-0.05, 0) is 43.5 Å². The number of aliphatic hydroxyl groups excluding tert-OH is 1. The van der Waals surface area contributed by atoms with E-state index in [1.807, 2.05) is 24.3 Å². The third-order valence-corrected chi connectivity index (χ3v) is 4.45. The van der Waals surface area contributed by atoms with Crippen molar-refractivity contribution >= 4 is 11.6 Å². The molecular weight excluding hydrogens is 274 g/mol. The number of nitrogens with zero attached hydrogens (tertiary/aromatic N) is 1. The van der Waals surface area contributed by atoms with Gasteiger partial charge in [0.05, 0.1) is 12.5 Å². The van der Waals surface area contributed by atoms with Crippen molar-refractivity contribution in [2.75, 3.05) is 26.8 Å². The van der Waals surface area contributed by atoms with Gasteiger partial charge in [0.25, 0.3) is 0 Å². The van der Waals surface area contributed by atoms with Crippen LogP contribution in [0.1, 0.15) is 36.6 Å². The van der Waals surface area contributed by atoms with Gasteiger partial charge in [-0.3, -0.25) is 4.90 Å². The monoisotopic (exact) mass is 297 g/mol. The molecule has 0 radical (unpaired) electrons. The van der Waals surface area contributed by atoms with Crippen molar-refractivity contribution < 1.29 is 9.84 Å². The molecule has 0 spiro atoms. The lowest BCUT2D eigenvalue weighted by atomic mass is 9.98. The zero-order chi connectivity index (χ0) is 14.4. The molecule has 1 heterocycles. The van der Waals surface area contributed by atoms with Gasteiger partial charge in [0, 0.05) is 19.2 Å². The van der Waals surface area contributed by atoms with E-state index in [2.05, 4.69) is 4.90 Å². The first-order valence-electron chi connectivity index (χ1n) is 7.37. The number of likely N-dealkylation sites (tertiary alicyclic amines) is 1. The summed E-state index contributed by atoms with van der Waals surface area (Å²) in [5, 5.41) is 9.14. The summed E-state index contributed by atoms with van der Waals surface area (Å²) < 4.78 is 5.25. The first-order chi connectivity index (χ1) is 9.74. The number of piperidine rings is 1. The van der Waals surface area contributed by atoms with Crippen LogP contribution < -0.4 is 4.74 Å². The fourth-order valence-electron chi connectivity index (χ4n) is 2.92. The lowest BCUT2D eigenvalue weighted by Gasteiger charge is -2.36. The predicted molar refractivity (Wildman–Crippen MR) is 82.5 cm³/mol. The lowest BCUT2D eigenvalue weighted by molar-refractivity contribution is 0.119. The quantitative estimate of drug-likeness (QED) is 0.819. The van der Waals surface area contributed by atoms with Crippen LogP contribution in [-0.2, 0) is 0 Å². The number of alkyl halides is 1. The number of ether oxygens (including phenoxy) is 1. The average molecular weight is 298 g/mol. The molecule has 0 saturated carbocycles. The Morgan fingerprint density at radius 3 is 3.05 bits per heavy atom. The van der Waals surface area contributed by atoms with Gasteiger partial charge in [0.1, 0.15) is 5.75 Å². The highest BCUT2D eigenvalue weighted by molar-refractivity contribution is 6.21. The van der Waals surface area contributed by atoms with Crippen LogP contribution in [-0.4, -0.2) is 42.9 Å². The van der Waals surface area contributed by atoms with Gasteiger partial charge in [-0.15, -0.1) is 11.6 Å². The van der Waals surface area contributed by atoms with Gasteiger partial charge in [-0.1, -0.05) is 18.6 Å². The Morgan fingerprint density at radius 1 is 1.45 bits per heavy atom. The molecule has 0 bridgehead atoms. The van der Waals surface area contributed by atoms with E-state index in [1.54, 1.807) is 7.11 Å². The molecule has 1 aliphatic rings. The number of hydrogen-bond donors (Lipinski definition) is 1. The molecule has 112 valence electrons. The van der Waals surface area contributed by atoms with E-state index >= 15 is 0 Å². The van der Waals surface area contributed by atoms with Crippen molar-refractivity contribution in [1.82, 2.24) is 4.90 Å². The molecule has 1 saturated heterocycles. The summed E-state index contributed by atoms with van der Waals surface area (Å²) in [5.41, 5.74) is 1.10. The van der Waals surface area contributed by atoms with E-state index < -0.39 is 0 Å². The Balaban J connectivity index is 1.99. The van der Waals surface area contributed by atoms with Gasteiger partial charge in [0.2, 0.25) is 0 Å². The second-order valence-corrected chi connectivity index (χ2v) is 5.93. The highest BCUT2D eigenvalue weighted by Gasteiger charge is 2.24. The minimum atomic E-state index is -0.0376. The van der Waals surface area contributed by atoms with E-state index in [9.17, 15) is 5.11 Å². The highest BCUT2D eigenvalue weighted by Crippen LogP contribution is 2.28. The third kappa shape index (κ3) is 4.11. The predicted octanol–water partition coefficient (Wildman–Crippen LogP) is 3.21. The molecule has 2 unspecified atom stereocenters. The maximum atomic E-state index is 9.18. The van der Waals surface area contributed by atoms with Crippen molar-refractivity contribution in [1.29, 1.82) is 0 Å². The molecule has 1 aromatic rings. The second kappa shape index (κ2) is 7.87. The standard InChI is InChI=1S/C16H24ClNO2/c1-20-15-7-4-5-13(11-15)16(17)12-18-9-3-2-6-14(18)8-10-19/h4-5,7,11,14,16,19H,2-3,6,8-10,12H2,1H3. The van der Waals surface area contributed by atoms with Crippen LogP contribution in [0.25, 0.3) is 0 Å². The van der Waals surface area contributed by atoms with Crippen LogP contribution >= 0.6 is 11.6 Å². The topological polar surface area (TPSA) is 32.7 Å². The first kappa shape index (κ1) is 15.6. The summed E-state index contributed by atoms with van der Waals surface area (Å²) in [6.45, 7) is 2.17. The molecule has 3 nitrogen and oxygen atoms in total. The van der Waals surface area contributed by atoms with Crippen LogP contribution in [0.3, 0.4) is 0 Å². The van der Waals surface area contributed by atoms with Crippen LogP contribution in [0.15, 0.2) is 24.3 Å². The van der Waals surface area contributed by atoms with E-state index in [0.717, 1.165) is 30.8 Å². The van der Waals surface area contributed by atoms with Gasteiger partial charge in [-0.25, -0.2) is 0 Å². The molecule has 2 atom stereocenters. The summed E-state index contributed by atoms with van der Waals surface area (Å²) in [7, 11) is 1.67. The van der Waals surface area contributed by atoms with E-state index in [4.69, 9.17) is 16.3 Å². The molecule has 20 heavy (non-hydrogen) atoms. The van der Waals surface area contributed by atoms with Crippen molar-refractivity contribution in [2.45, 2.75) is 37.1 Å². The number of rotatable bonds is 6. The van der Waals surface area contributed by atoms with Crippen LogP contribution in [0.4, 0.5) is 0 Å². The summed E-state index contributed by atoms with van der Waals surface area (Å²) >= 11 is 6.57. The van der Waals surface area contributed by atoms with Crippen LogP contribution in [0.2, 0.25) is 0 Å². The molecule has 0 aromatic heterocycles. The Hall–Kier alpha value is -0.770. The lowest BCUT2D eigenvalue weighted by Crippen LogP contribution is -2.41. The molecule has 1 N–H and O–H groups in total. The van der Waals surface area contributed by atoms with Gasteiger partial charge < -0.3 is 9.84 Å². The summed E-state index contributed by atoms with van der Waals surface area (Å²) in [6.07, 6.45) is 4.50. The number of halogens is 1. The van der Waals surface area contributed by atoms with Crippen LogP contribution in [0.5, 0.6) is 5.75 Å². The Bertz CT molecular complexity index is 411. The zero-order valence-electron chi connectivity index (χ0n) is 12.1. The Kier molecular flexibility index (Phi) is 6.14. The number of aliphatic hydroxyl groups is 1. The largest absolute Gasteiger partial charge is 0.497 e. The maximum absolute atomic E-state index is 9.18. The van der Waals surface area contributed by atoms with Gasteiger partial charge in [-0.2, -0.15) is 0 Å². The summed E-state index contributed by atoms with van der Waals surface area (Å²) in [5.74, 6) is 0.846. The molecule has 1 fully saturated rings. The summed E-state index contributed by atoms with van der Waals surface area (Å²) in [6, 6.07) is 8.43. The van der Waals surface area contributed by atoms with Crippen molar-refractivity contribution in [3.05, 3.63) is 29.8 Å². The molecule has 2 rings (SSSR count). The number of methoxy groups -OCH3 is 1. The van der Waals surface area contributed by atoms with Gasteiger partial charge >= 0.3 is 0 Å². The zero-order valence-corrected chi connectivity index (χ0v) is 12.9. The van der Waals surface area contributed by atoms with E-state index in [0.29, 0.717) is 6.04 Å². The Morgan fingerprint density at radius 2 is 2.30 bits per heavy atom. The average Bonchev–Trinajstić information content (AvgIpc) is 2.49. The van der Waals surface area contributed by atoms with E-state index in [1.165, 1.54) is 19.3 Å².